The van der Waals surface area contributed by atoms with Crippen LogP contribution in [-0.2, 0) is 14.4 Å². The van der Waals surface area contributed by atoms with E-state index in [2.05, 4.69) is 5.32 Å². The zero-order valence-corrected chi connectivity index (χ0v) is 8.13. The standard InChI is InChI=1S/C9H14N2O3/c1-6-7(14-10)9(11-8(6)12)3-2-4-13-5-9/h2-5,10H2,1H3,(H,11,12). The van der Waals surface area contributed by atoms with Gasteiger partial charge >= 0.3 is 0 Å². The third kappa shape index (κ3) is 1.20. The lowest BCUT2D eigenvalue weighted by molar-refractivity contribution is -0.119. The Morgan fingerprint density at radius 3 is 3.00 bits per heavy atom. The van der Waals surface area contributed by atoms with Crippen molar-refractivity contribution in [3.8, 4) is 0 Å². The monoisotopic (exact) mass is 198 g/mol. The second-order valence-corrected chi connectivity index (χ2v) is 3.76. The molecule has 0 aromatic carbocycles. The average molecular weight is 198 g/mol. The highest BCUT2D eigenvalue weighted by Crippen LogP contribution is 2.33. The number of amides is 1. The maximum Gasteiger partial charge on any atom is 0.251 e. The number of carbonyl (C=O) groups excluding carboxylic acids is 1. The predicted molar refractivity (Wildman–Crippen MR) is 48.9 cm³/mol. The summed E-state index contributed by atoms with van der Waals surface area (Å²) in [7, 11) is 0. The summed E-state index contributed by atoms with van der Waals surface area (Å²) in [6.07, 6.45) is 1.73. The predicted octanol–water partition coefficient (Wildman–Crippen LogP) is -0.170. The van der Waals surface area contributed by atoms with Crippen molar-refractivity contribution in [3.05, 3.63) is 11.3 Å². The summed E-state index contributed by atoms with van der Waals surface area (Å²) in [6.45, 7) is 2.89. The number of nitrogens with two attached hydrogens (primary N) is 1. The fourth-order valence-corrected chi connectivity index (χ4v) is 2.10. The van der Waals surface area contributed by atoms with Gasteiger partial charge in [0.05, 0.1) is 12.2 Å². The summed E-state index contributed by atoms with van der Waals surface area (Å²) in [6, 6.07) is 0. The van der Waals surface area contributed by atoms with Gasteiger partial charge in [0, 0.05) is 6.61 Å². The van der Waals surface area contributed by atoms with Gasteiger partial charge in [-0.2, -0.15) is 5.90 Å². The second-order valence-electron chi connectivity index (χ2n) is 3.76. The Balaban J connectivity index is 2.32. The van der Waals surface area contributed by atoms with Crippen molar-refractivity contribution < 1.29 is 14.4 Å². The molecule has 0 aromatic rings. The number of carbonyl (C=O) groups is 1. The van der Waals surface area contributed by atoms with Crippen LogP contribution in [0.25, 0.3) is 0 Å². The van der Waals surface area contributed by atoms with Gasteiger partial charge in [0.2, 0.25) is 0 Å². The quantitative estimate of drug-likeness (QED) is 0.574. The molecule has 14 heavy (non-hydrogen) atoms. The van der Waals surface area contributed by atoms with Crippen molar-refractivity contribution >= 4 is 5.91 Å². The van der Waals surface area contributed by atoms with E-state index < -0.39 is 5.54 Å². The van der Waals surface area contributed by atoms with Crippen molar-refractivity contribution in [2.75, 3.05) is 13.2 Å². The molecular weight excluding hydrogens is 184 g/mol. The van der Waals surface area contributed by atoms with E-state index in [1.165, 1.54) is 0 Å². The van der Waals surface area contributed by atoms with Crippen molar-refractivity contribution in [3.63, 3.8) is 0 Å². The molecule has 0 saturated carbocycles. The van der Waals surface area contributed by atoms with Gasteiger partial charge in [-0.1, -0.05) is 0 Å². The van der Waals surface area contributed by atoms with Gasteiger partial charge in [0.1, 0.15) is 5.54 Å². The minimum atomic E-state index is -0.506. The van der Waals surface area contributed by atoms with E-state index in [1.807, 2.05) is 0 Å². The van der Waals surface area contributed by atoms with Gasteiger partial charge in [0.15, 0.2) is 5.76 Å². The van der Waals surface area contributed by atoms with Gasteiger partial charge < -0.3 is 14.9 Å². The van der Waals surface area contributed by atoms with Crippen LogP contribution in [0.2, 0.25) is 0 Å². The van der Waals surface area contributed by atoms with Crippen molar-refractivity contribution in [1.29, 1.82) is 0 Å². The Kier molecular flexibility index (Phi) is 2.20. The molecule has 2 aliphatic rings. The number of ether oxygens (including phenoxy) is 1. The van der Waals surface area contributed by atoms with E-state index in [9.17, 15) is 4.79 Å². The summed E-state index contributed by atoms with van der Waals surface area (Å²) in [5, 5.41) is 2.88. The van der Waals surface area contributed by atoms with Crippen LogP contribution in [0.4, 0.5) is 0 Å². The number of hydrogen-bond donors (Lipinski definition) is 2. The van der Waals surface area contributed by atoms with Crippen LogP contribution in [0.5, 0.6) is 0 Å². The van der Waals surface area contributed by atoms with Crippen molar-refractivity contribution in [2.45, 2.75) is 25.3 Å². The molecule has 1 atom stereocenters. The lowest BCUT2D eigenvalue weighted by Crippen LogP contribution is -2.51. The first kappa shape index (κ1) is 9.48. The highest BCUT2D eigenvalue weighted by Gasteiger charge is 2.46. The van der Waals surface area contributed by atoms with Crippen LogP contribution < -0.4 is 11.2 Å². The minimum Gasteiger partial charge on any atom is -0.413 e. The Morgan fingerprint density at radius 2 is 2.43 bits per heavy atom. The van der Waals surface area contributed by atoms with E-state index >= 15 is 0 Å². The van der Waals surface area contributed by atoms with E-state index in [0.717, 1.165) is 19.4 Å². The van der Waals surface area contributed by atoms with Gasteiger partial charge in [0.25, 0.3) is 5.91 Å². The first-order chi connectivity index (χ1) is 6.69. The minimum absolute atomic E-state index is 0.115. The number of nitrogens with one attached hydrogen (secondary N) is 1. The fourth-order valence-electron chi connectivity index (χ4n) is 2.10. The normalized spacial score (nSPS) is 32.3. The topological polar surface area (TPSA) is 73.6 Å². The molecule has 5 nitrogen and oxygen atoms in total. The molecule has 0 aliphatic carbocycles. The Labute approximate surface area is 82.2 Å². The average Bonchev–Trinajstić information content (AvgIpc) is 2.40. The summed E-state index contributed by atoms with van der Waals surface area (Å²) in [5.41, 5.74) is 0.0479. The molecule has 78 valence electrons. The van der Waals surface area contributed by atoms with Gasteiger partial charge in [-0.3, -0.25) is 4.79 Å². The molecule has 0 aromatic heterocycles. The van der Waals surface area contributed by atoms with Crippen LogP contribution in [0.1, 0.15) is 19.8 Å². The molecule has 1 unspecified atom stereocenters. The number of hydrogen-bond acceptors (Lipinski definition) is 4. The van der Waals surface area contributed by atoms with Gasteiger partial charge in [-0.05, 0) is 19.8 Å². The Bertz CT molecular complexity index is 292. The smallest absolute Gasteiger partial charge is 0.251 e. The summed E-state index contributed by atoms with van der Waals surface area (Å²) >= 11 is 0. The molecule has 0 bridgehead atoms. The largest absolute Gasteiger partial charge is 0.413 e. The van der Waals surface area contributed by atoms with Crippen LogP contribution in [0, 0.1) is 0 Å². The summed E-state index contributed by atoms with van der Waals surface area (Å²) in [4.78, 5) is 16.3. The molecule has 3 N–H and O–H groups in total. The second kappa shape index (κ2) is 3.25. The van der Waals surface area contributed by atoms with Crippen LogP contribution in [-0.4, -0.2) is 24.7 Å². The fraction of sp³-hybridized carbons (Fsp3) is 0.667. The van der Waals surface area contributed by atoms with Crippen LogP contribution in [0.15, 0.2) is 11.3 Å². The summed E-state index contributed by atoms with van der Waals surface area (Å²) < 4.78 is 5.35. The Morgan fingerprint density at radius 1 is 1.64 bits per heavy atom. The van der Waals surface area contributed by atoms with Gasteiger partial charge in [-0.15, -0.1) is 0 Å². The third-order valence-corrected chi connectivity index (χ3v) is 2.83. The molecule has 1 saturated heterocycles. The Hall–Kier alpha value is -1.07. The molecular formula is C9H14N2O3. The zero-order valence-electron chi connectivity index (χ0n) is 8.13. The maximum atomic E-state index is 11.5. The molecule has 2 heterocycles. The molecule has 5 heteroatoms. The molecule has 1 amide bonds. The molecule has 1 fully saturated rings. The summed E-state index contributed by atoms with van der Waals surface area (Å²) in [5.74, 6) is 5.60. The zero-order chi connectivity index (χ0) is 10.2. The van der Waals surface area contributed by atoms with Crippen LogP contribution >= 0.6 is 0 Å². The first-order valence-corrected chi connectivity index (χ1v) is 4.68. The maximum absolute atomic E-state index is 11.5. The molecule has 2 rings (SSSR count). The number of rotatable bonds is 1. The van der Waals surface area contributed by atoms with Crippen molar-refractivity contribution in [2.24, 2.45) is 5.90 Å². The van der Waals surface area contributed by atoms with E-state index in [4.69, 9.17) is 15.5 Å². The van der Waals surface area contributed by atoms with Crippen molar-refractivity contribution in [1.82, 2.24) is 5.32 Å². The highest BCUT2D eigenvalue weighted by atomic mass is 16.6. The van der Waals surface area contributed by atoms with E-state index in [1.54, 1.807) is 6.92 Å². The third-order valence-electron chi connectivity index (χ3n) is 2.83. The molecule has 2 aliphatic heterocycles. The van der Waals surface area contributed by atoms with Crippen LogP contribution in [0.3, 0.4) is 0 Å². The lowest BCUT2D eigenvalue weighted by Gasteiger charge is -2.34. The first-order valence-electron chi connectivity index (χ1n) is 4.68. The van der Waals surface area contributed by atoms with Gasteiger partial charge in [-0.25, -0.2) is 0 Å². The molecule has 0 radical (unpaired) electrons. The van der Waals surface area contributed by atoms with E-state index in [0.29, 0.717) is 17.9 Å². The lowest BCUT2D eigenvalue weighted by atomic mass is 9.91. The highest BCUT2D eigenvalue weighted by molar-refractivity contribution is 5.97. The van der Waals surface area contributed by atoms with E-state index in [-0.39, 0.29) is 5.91 Å². The SMILES string of the molecule is CC1=C(ON)C2(CCCOC2)NC1=O. The molecule has 1 spiro atoms.